The van der Waals surface area contributed by atoms with Crippen LogP contribution in [-0.2, 0) is 6.42 Å². The molecule has 1 aromatic rings. The molecule has 0 unspecified atom stereocenters. The molecule has 0 saturated carbocycles. The van der Waals surface area contributed by atoms with Crippen LogP contribution < -0.4 is 0 Å². The smallest absolute Gasteiger partial charge is 0.147 e. The first kappa shape index (κ1) is 11.1. The van der Waals surface area contributed by atoms with Gasteiger partial charge in [-0.15, -0.1) is 0 Å². The Bertz CT molecular complexity index is 310. The largest absolute Gasteiger partial charge is 0.241 e. The summed E-state index contributed by atoms with van der Waals surface area (Å²) in [7, 11) is 0. The van der Waals surface area contributed by atoms with Gasteiger partial charge in [-0.25, -0.2) is 4.98 Å². The molecular formula is C9H10Cl3N. The van der Waals surface area contributed by atoms with Crippen molar-refractivity contribution < 1.29 is 0 Å². The molecule has 1 rings (SSSR count). The van der Waals surface area contributed by atoms with Crippen molar-refractivity contribution in [1.82, 2.24) is 4.98 Å². The quantitative estimate of drug-likeness (QED) is 0.702. The molecule has 0 atom stereocenters. The van der Waals surface area contributed by atoms with E-state index in [0.29, 0.717) is 21.1 Å². The van der Waals surface area contributed by atoms with Crippen LogP contribution in [0.15, 0.2) is 6.20 Å². The van der Waals surface area contributed by atoms with Crippen molar-refractivity contribution in [3.8, 4) is 0 Å². The van der Waals surface area contributed by atoms with Crippen molar-refractivity contribution in [1.29, 1.82) is 0 Å². The molecule has 0 saturated heterocycles. The molecule has 13 heavy (non-hydrogen) atoms. The third-order valence-corrected chi connectivity index (χ3v) is 2.75. The van der Waals surface area contributed by atoms with E-state index in [1.165, 1.54) is 6.20 Å². The lowest BCUT2D eigenvalue weighted by molar-refractivity contribution is 0.647. The number of pyridine rings is 1. The Morgan fingerprint density at radius 1 is 1.31 bits per heavy atom. The number of nitrogens with zero attached hydrogens (tertiary/aromatic N) is 1. The van der Waals surface area contributed by atoms with Gasteiger partial charge in [0.2, 0.25) is 0 Å². The zero-order chi connectivity index (χ0) is 10.0. The zero-order valence-corrected chi connectivity index (χ0v) is 9.71. The molecule has 0 bridgehead atoms. The minimum atomic E-state index is 0.321. The van der Waals surface area contributed by atoms with Crippen LogP contribution in [0.1, 0.15) is 19.4 Å². The minimum absolute atomic E-state index is 0.321. The fraction of sp³-hybridized carbons (Fsp3) is 0.444. The van der Waals surface area contributed by atoms with Gasteiger partial charge in [0.1, 0.15) is 5.15 Å². The number of hydrogen-bond donors (Lipinski definition) is 0. The first-order valence-corrected chi connectivity index (χ1v) is 5.14. The van der Waals surface area contributed by atoms with Gasteiger partial charge >= 0.3 is 0 Å². The lowest BCUT2D eigenvalue weighted by atomic mass is 10.0. The van der Waals surface area contributed by atoms with Gasteiger partial charge < -0.3 is 0 Å². The second-order valence-electron chi connectivity index (χ2n) is 3.29. The number of aromatic nitrogens is 1. The molecule has 0 radical (unpaired) electrons. The first-order valence-electron chi connectivity index (χ1n) is 4.00. The van der Waals surface area contributed by atoms with Gasteiger partial charge in [0, 0.05) is 6.20 Å². The minimum Gasteiger partial charge on any atom is -0.241 e. The van der Waals surface area contributed by atoms with Gasteiger partial charge in [0.25, 0.3) is 0 Å². The highest BCUT2D eigenvalue weighted by atomic mass is 35.5. The van der Waals surface area contributed by atoms with Crippen molar-refractivity contribution in [3.63, 3.8) is 0 Å². The van der Waals surface area contributed by atoms with E-state index in [4.69, 9.17) is 34.8 Å². The Labute approximate surface area is 93.0 Å². The Kier molecular flexibility index (Phi) is 3.84. The van der Waals surface area contributed by atoms with Crippen LogP contribution in [0, 0.1) is 5.92 Å². The van der Waals surface area contributed by atoms with E-state index in [1.807, 2.05) is 0 Å². The average molecular weight is 239 g/mol. The maximum atomic E-state index is 5.96. The topological polar surface area (TPSA) is 12.9 Å². The van der Waals surface area contributed by atoms with E-state index in [0.717, 1.165) is 12.0 Å². The van der Waals surface area contributed by atoms with Crippen LogP contribution in [0.4, 0.5) is 0 Å². The predicted octanol–water partition coefficient (Wildman–Crippen LogP) is 4.24. The third kappa shape index (κ3) is 2.73. The SMILES string of the molecule is CC(C)Cc1c(Cl)cnc(Cl)c1Cl. The normalized spacial score (nSPS) is 10.9. The number of halogens is 3. The molecule has 0 fully saturated rings. The van der Waals surface area contributed by atoms with Crippen LogP contribution in [0.5, 0.6) is 0 Å². The van der Waals surface area contributed by atoms with Crippen LogP contribution >= 0.6 is 34.8 Å². The maximum absolute atomic E-state index is 5.96. The summed E-state index contributed by atoms with van der Waals surface area (Å²) in [6.07, 6.45) is 2.35. The second-order valence-corrected chi connectivity index (χ2v) is 4.43. The molecule has 4 heteroatoms. The monoisotopic (exact) mass is 237 g/mol. The van der Waals surface area contributed by atoms with E-state index in [9.17, 15) is 0 Å². The molecule has 0 spiro atoms. The molecular weight excluding hydrogens is 228 g/mol. The van der Waals surface area contributed by atoms with Crippen LogP contribution in [-0.4, -0.2) is 4.98 Å². The molecule has 1 aromatic heterocycles. The summed E-state index contributed by atoms with van der Waals surface area (Å²) in [5, 5.41) is 1.38. The molecule has 0 amide bonds. The highest BCUT2D eigenvalue weighted by Crippen LogP contribution is 2.30. The predicted molar refractivity (Wildman–Crippen MR) is 57.8 cm³/mol. The lowest BCUT2D eigenvalue weighted by Gasteiger charge is -2.09. The molecule has 0 aliphatic carbocycles. The Balaban J connectivity index is 3.10. The van der Waals surface area contributed by atoms with Crippen molar-refractivity contribution in [2.24, 2.45) is 5.92 Å². The van der Waals surface area contributed by atoms with Gasteiger partial charge in [-0.1, -0.05) is 48.7 Å². The summed E-state index contributed by atoms with van der Waals surface area (Å²) < 4.78 is 0. The van der Waals surface area contributed by atoms with Crippen molar-refractivity contribution in [3.05, 3.63) is 27.0 Å². The van der Waals surface area contributed by atoms with E-state index < -0.39 is 0 Å². The molecule has 1 nitrogen and oxygen atoms in total. The van der Waals surface area contributed by atoms with E-state index in [-0.39, 0.29) is 0 Å². The molecule has 0 aliphatic rings. The lowest BCUT2D eigenvalue weighted by Crippen LogP contribution is -1.97. The molecule has 0 aromatic carbocycles. The van der Waals surface area contributed by atoms with Crippen LogP contribution in [0.2, 0.25) is 15.2 Å². The highest BCUT2D eigenvalue weighted by molar-refractivity contribution is 6.43. The summed E-state index contributed by atoms with van der Waals surface area (Å²) >= 11 is 17.7. The summed E-state index contributed by atoms with van der Waals surface area (Å²) in [5.74, 6) is 0.494. The van der Waals surface area contributed by atoms with Crippen molar-refractivity contribution >= 4 is 34.8 Å². The van der Waals surface area contributed by atoms with Gasteiger partial charge in [0.05, 0.1) is 10.0 Å². The average Bonchev–Trinajstić information content (AvgIpc) is 2.05. The fourth-order valence-corrected chi connectivity index (χ4v) is 1.73. The van der Waals surface area contributed by atoms with Crippen LogP contribution in [0.25, 0.3) is 0 Å². The maximum Gasteiger partial charge on any atom is 0.147 e. The Morgan fingerprint density at radius 3 is 2.46 bits per heavy atom. The van der Waals surface area contributed by atoms with E-state index in [2.05, 4.69) is 18.8 Å². The Hall–Kier alpha value is 0.0200. The molecule has 72 valence electrons. The summed E-state index contributed by atoms with van der Waals surface area (Å²) in [6.45, 7) is 4.20. The number of hydrogen-bond acceptors (Lipinski definition) is 1. The number of rotatable bonds is 2. The first-order chi connectivity index (χ1) is 6.02. The summed E-state index contributed by atoms with van der Waals surface area (Å²) in [6, 6.07) is 0. The van der Waals surface area contributed by atoms with Crippen LogP contribution in [0.3, 0.4) is 0 Å². The summed E-state index contributed by atoms with van der Waals surface area (Å²) in [4.78, 5) is 3.85. The van der Waals surface area contributed by atoms with Gasteiger partial charge in [-0.05, 0) is 17.9 Å². The zero-order valence-electron chi connectivity index (χ0n) is 7.44. The molecule has 1 heterocycles. The van der Waals surface area contributed by atoms with Crippen molar-refractivity contribution in [2.75, 3.05) is 0 Å². The standard InChI is InChI=1S/C9H10Cl3N/c1-5(2)3-6-7(10)4-13-9(12)8(6)11/h4-5H,3H2,1-2H3. The third-order valence-electron chi connectivity index (χ3n) is 1.64. The molecule has 0 N–H and O–H groups in total. The van der Waals surface area contributed by atoms with Gasteiger partial charge in [-0.2, -0.15) is 0 Å². The fourth-order valence-electron chi connectivity index (χ4n) is 1.07. The van der Waals surface area contributed by atoms with E-state index in [1.54, 1.807) is 0 Å². The molecule has 0 aliphatic heterocycles. The summed E-state index contributed by atoms with van der Waals surface area (Å²) in [5.41, 5.74) is 0.887. The van der Waals surface area contributed by atoms with Crippen molar-refractivity contribution in [2.45, 2.75) is 20.3 Å². The van der Waals surface area contributed by atoms with Gasteiger partial charge in [-0.3, -0.25) is 0 Å². The van der Waals surface area contributed by atoms with Gasteiger partial charge in [0.15, 0.2) is 0 Å². The highest BCUT2D eigenvalue weighted by Gasteiger charge is 2.11. The Morgan fingerprint density at radius 2 is 1.92 bits per heavy atom. The second kappa shape index (κ2) is 4.50. The van der Waals surface area contributed by atoms with E-state index >= 15 is 0 Å².